The van der Waals surface area contributed by atoms with Gasteiger partial charge in [0.2, 0.25) is 0 Å². The third-order valence-corrected chi connectivity index (χ3v) is 4.53. The SMILES string of the molecule is O=[N+]([O-])c1ccc2c(c1)N=Cc1ccccc1NCCNc1ccccc1C=N2. The Hall–Kier alpha value is -4.00. The van der Waals surface area contributed by atoms with Crippen LogP contribution in [0.2, 0.25) is 0 Å². The number of hydrogen-bond acceptors (Lipinski definition) is 6. The third kappa shape index (κ3) is 4.30. The maximum Gasteiger partial charge on any atom is 0.271 e. The Labute approximate surface area is 168 Å². The van der Waals surface area contributed by atoms with Gasteiger partial charge in [-0.3, -0.25) is 20.1 Å². The molecule has 1 aliphatic rings. The number of non-ortho nitro benzene ring substituents is 1. The van der Waals surface area contributed by atoms with E-state index in [1.54, 1.807) is 18.5 Å². The molecule has 7 heteroatoms. The monoisotopic (exact) mass is 385 g/mol. The molecule has 0 saturated heterocycles. The van der Waals surface area contributed by atoms with Crippen LogP contribution in [0.4, 0.5) is 28.4 Å². The zero-order chi connectivity index (χ0) is 20.1. The molecule has 4 rings (SSSR count). The molecule has 0 bridgehead atoms. The van der Waals surface area contributed by atoms with Crippen molar-refractivity contribution in [3.63, 3.8) is 0 Å². The van der Waals surface area contributed by atoms with E-state index in [1.165, 1.54) is 12.1 Å². The van der Waals surface area contributed by atoms with Crippen LogP contribution in [0.1, 0.15) is 11.1 Å². The second kappa shape index (κ2) is 8.35. The van der Waals surface area contributed by atoms with Crippen LogP contribution < -0.4 is 10.6 Å². The molecule has 3 aromatic carbocycles. The number of nitrogens with zero attached hydrogens (tertiary/aromatic N) is 3. The molecule has 0 aliphatic carbocycles. The highest BCUT2D eigenvalue weighted by atomic mass is 16.6. The van der Waals surface area contributed by atoms with Crippen LogP contribution in [-0.2, 0) is 0 Å². The molecule has 2 N–H and O–H groups in total. The highest BCUT2D eigenvalue weighted by molar-refractivity contribution is 5.93. The summed E-state index contributed by atoms with van der Waals surface area (Å²) in [5.74, 6) is 0. The molecule has 0 amide bonds. The Morgan fingerprint density at radius 3 is 1.90 bits per heavy atom. The molecule has 1 aliphatic heterocycles. The van der Waals surface area contributed by atoms with E-state index in [-0.39, 0.29) is 5.69 Å². The van der Waals surface area contributed by atoms with E-state index in [0.29, 0.717) is 11.4 Å². The van der Waals surface area contributed by atoms with Crippen molar-refractivity contribution in [3.05, 3.63) is 88.0 Å². The lowest BCUT2D eigenvalue weighted by atomic mass is 10.1. The van der Waals surface area contributed by atoms with Gasteiger partial charge >= 0.3 is 0 Å². The molecule has 0 unspecified atom stereocenters. The summed E-state index contributed by atoms with van der Waals surface area (Å²) in [6, 6.07) is 20.2. The number of nitro groups is 1. The van der Waals surface area contributed by atoms with Gasteiger partial charge in [-0.25, -0.2) is 0 Å². The normalized spacial score (nSPS) is 13.1. The van der Waals surface area contributed by atoms with Gasteiger partial charge in [-0.05, 0) is 18.2 Å². The summed E-state index contributed by atoms with van der Waals surface area (Å²) in [6.07, 6.45) is 3.45. The van der Waals surface area contributed by atoms with Crippen LogP contribution in [0.25, 0.3) is 0 Å². The van der Waals surface area contributed by atoms with E-state index in [0.717, 1.165) is 35.6 Å². The first kappa shape index (κ1) is 18.4. The summed E-state index contributed by atoms with van der Waals surface area (Å²) in [5, 5.41) is 18.0. The zero-order valence-electron chi connectivity index (χ0n) is 15.6. The molecule has 0 saturated carbocycles. The average Bonchev–Trinajstić information content (AvgIpc) is 2.75. The Balaban J connectivity index is 1.83. The van der Waals surface area contributed by atoms with E-state index >= 15 is 0 Å². The quantitative estimate of drug-likeness (QED) is 0.459. The van der Waals surface area contributed by atoms with Gasteiger partial charge in [0.25, 0.3) is 5.69 Å². The smallest absolute Gasteiger partial charge is 0.271 e. The van der Waals surface area contributed by atoms with Crippen LogP contribution in [0.5, 0.6) is 0 Å². The van der Waals surface area contributed by atoms with Gasteiger partial charge in [0.1, 0.15) is 0 Å². The molecule has 144 valence electrons. The number of para-hydroxylation sites is 2. The van der Waals surface area contributed by atoms with Gasteiger partial charge in [0.15, 0.2) is 0 Å². The molecular weight excluding hydrogens is 366 g/mol. The summed E-state index contributed by atoms with van der Waals surface area (Å²) >= 11 is 0. The topological polar surface area (TPSA) is 91.9 Å². The number of aliphatic imine (C=N–C) groups is 2. The Morgan fingerprint density at radius 2 is 1.31 bits per heavy atom. The zero-order valence-corrected chi connectivity index (χ0v) is 15.6. The van der Waals surface area contributed by atoms with E-state index in [9.17, 15) is 10.1 Å². The first-order valence-corrected chi connectivity index (χ1v) is 9.23. The highest BCUT2D eigenvalue weighted by Gasteiger charge is 2.10. The van der Waals surface area contributed by atoms with E-state index in [1.807, 2.05) is 48.5 Å². The van der Waals surface area contributed by atoms with Crippen molar-refractivity contribution in [3.8, 4) is 0 Å². The molecular formula is C22H19N5O2. The predicted octanol–water partition coefficient (Wildman–Crippen LogP) is 4.93. The van der Waals surface area contributed by atoms with Crippen LogP contribution in [0, 0.1) is 10.1 Å². The summed E-state index contributed by atoms with van der Waals surface area (Å²) in [4.78, 5) is 19.8. The molecule has 0 atom stereocenters. The molecule has 7 nitrogen and oxygen atoms in total. The van der Waals surface area contributed by atoms with Gasteiger partial charge in [-0.1, -0.05) is 36.4 Å². The number of nitrogens with one attached hydrogen (secondary N) is 2. The van der Waals surface area contributed by atoms with Crippen LogP contribution in [0.15, 0.2) is 76.7 Å². The van der Waals surface area contributed by atoms with Crippen molar-refractivity contribution in [2.45, 2.75) is 0 Å². The highest BCUT2D eigenvalue weighted by Crippen LogP contribution is 2.32. The average molecular weight is 385 g/mol. The molecule has 0 radical (unpaired) electrons. The number of fused-ring (bicyclic) bond motifs is 3. The summed E-state index contributed by atoms with van der Waals surface area (Å²) in [7, 11) is 0. The lowest BCUT2D eigenvalue weighted by Gasteiger charge is -2.13. The van der Waals surface area contributed by atoms with Crippen molar-refractivity contribution in [1.29, 1.82) is 0 Å². The maximum absolute atomic E-state index is 11.2. The fourth-order valence-corrected chi connectivity index (χ4v) is 3.05. The molecule has 0 spiro atoms. The second-order valence-corrected chi connectivity index (χ2v) is 6.47. The standard InChI is InChI=1S/C22H19N5O2/c28-27(29)18-9-10-21-22(13-18)26-15-17-6-2-4-8-20(17)24-12-11-23-19-7-3-1-5-16(19)14-25-21/h1-10,13-15,23-24H,11-12H2. The lowest BCUT2D eigenvalue weighted by molar-refractivity contribution is -0.384. The fraction of sp³-hybridized carbons (Fsp3) is 0.0909. The summed E-state index contributed by atoms with van der Waals surface area (Å²) < 4.78 is 0. The minimum absolute atomic E-state index is 0.0225. The van der Waals surface area contributed by atoms with Crippen LogP contribution in [-0.4, -0.2) is 30.4 Å². The van der Waals surface area contributed by atoms with Crippen molar-refractivity contribution in [1.82, 2.24) is 0 Å². The molecule has 3 aromatic rings. The van der Waals surface area contributed by atoms with Crippen LogP contribution >= 0.6 is 0 Å². The molecule has 29 heavy (non-hydrogen) atoms. The number of nitro benzene ring substituents is 1. The maximum atomic E-state index is 11.2. The van der Waals surface area contributed by atoms with Crippen molar-refractivity contribution >= 4 is 40.9 Å². The predicted molar refractivity (Wildman–Crippen MR) is 117 cm³/mol. The van der Waals surface area contributed by atoms with E-state index in [2.05, 4.69) is 20.6 Å². The number of rotatable bonds is 1. The molecule has 1 heterocycles. The van der Waals surface area contributed by atoms with Crippen LogP contribution in [0.3, 0.4) is 0 Å². The van der Waals surface area contributed by atoms with Crippen molar-refractivity contribution < 1.29 is 4.92 Å². The minimum atomic E-state index is -0.431. The van der Waals surface area contributed by atoms with Gasteiger partial charge in [-0.15, -0.1) is 0 Å². The number of hydrogen-bond donors (Lipinski definition) is 2. The van der Waals surface area contributed by atoms with E-state index < -0.39 is 4.92 Å². The van der Waals surface area contributed by atoms with Gasteiger partial charge in [-0.2, -0.15) is 0 Å². The lowest BCUT2D eigenvalue weighted by Crippen LogP contribution is -2.15. The second-order valence-electron chi connectivity index (χ2n) is 6.47. The number of anilines is 2. The largest absolute Gasteiger partial charge is 0.383 e. The van der Waals surface area contributed by atoms with Crippen molar-refractivity contribution in [2.75, 3.05) is 23.7 Å². The van der Waals surface area contributed by atoms with Crippen molar-refractivity contribution in [2.24, 2.45) is 9.98 Å². The Morgan fingerprint density at radius 1 is 0.759 bits per heavy atom. The molecule has 0 aromatic heterocycles. The minimum Gasteiger partial charge on any atom is -0.383 e. The van der Waals surface area contributed by atoms with E-state index in [4.69, 9.17) is 0 Å². The summed E-state index contributed by atoms with van der Waals surface area (Å²) in [5.41, 5.74) is 4.71. The van der Waals surface area contributed by atoms with Gasteiger partial charge < -0.3 is 10.6 Å². The molecule has 0 fully saturated rings. The fourth-order valence-electron chi connectivity index (χ4n) is 3.05. The first-order chi connectivity index (χ1) is 14.2. The summed E-state index contributed by atoms with van der Waals surface area (Å²) in [6.45, 7) is 1.46. The Bertz CT molecular complexity index is 1110. The first-order valence-electron chi connectivity index (χ1n) is 9.23. The van der Waals surface area contributed by atoms with Gasteiger partial charge in [0, 0.05) is 60.2 Å². The number of benzene rings is 3. The third-order valence-electron chi connectivity index (χ3n) is 4.53. The van der Waals surface area contributed by atoms with Gasteiger partial charge in [0.05, 0.1) is 16.3 Å². The Kier molecular flexibility index (Phi) is 5.29.